The third-order valence-corrected chi connectivity index (χ3v) is 3.04. The molecule has 5 nitrogen and oxygen atoms in total. The number of nitrogens with one attached hydrogen (secondary N) is 1. The minimum Gasteiger partial charge on any atom is -0.466 e. The maximum atomic E-state index is 11.8. The van der Waals surface area contributed by atoms with Gasteiger partial charge in [0.25, 0.3) is 0 Å². The summed E-state index contributed by atoms with van der Waals surface area (Å²) in [5.74, 6) is -0.0272. The lowest BCUT2D eigenvalue weighted by atomic mass is 9.93. The van der Waals surface area contributed by atoms with Crippen molar-refractivity contribution in [2.45, 2.75) is 12.8 Å². The topological polar surface area (TPSA) is 56.1 Å². The highest BCUT2D eigenvalue weighted by Gasteiger charge is 2.36. The fourth-order valence-corrected chi connectivity index (χ4v) is 2.21. The minimum absolute atomic E-state index is 0.0876. The largest absolute Gasteiger partial charge is 0.466 e. The zero-order chi connectivity index (χ0) is 11.5. The van der Waals surface area contributed by atoms with Gasteiger partial charge in [-0.3, -0.25) is 4.79 Å². The van der Waals surface area contributed by atoms with E-state index in [1.54, 1.807) is 6.33 Å². The summed E-state index contributed by atoms with van der Waals surface area (Å²) in [6.45, 7) is 3.77. The number of aromatic nitrogens is 2. The number of aryl methyl sites for hydroxylation is 1. The van der Waals surface area contributed by atoms with Crippen LogP contribution in [0.4, 0.5) is 0 Å². The first-order valence-corrected chi connectivity index (χ1v) is 5.57. The zero-order valence-electron chi connectivity index (χ0n) is 9.64. The summed E-state index contributed by atoms with van der Waals surface area (Å²) in [5, 5.41) is 3.24. The molecule has 0 radical (unpaired) electrons. The molecule has 16 heavy (non-hydrogen) atoms. The number of hydrogen-bond donors (Lipinski definition) is 1. The monoisotopic (exact) mass is 223 g/mol. The first-order chi connectivity index (χ1) is 7.74. The molecule has 0 bridgehead atoms. The van der Waals surface area contributed by atoms with E-state index in [9.17, 15) is 4.79 Å². The summed E-state index contributed by atoms with van der Waals surface area (Å²) in [7, 11) is 1.95. The predicted molar refractivity (Wildman–Crippen MR) is 58.9 cm³/mol. The Morgan fingerprint density at radius 3 is 3.12 bits per heavy atom. The van der Waals surface area contributed by atoms with Gasteiger partial charge in [-0.15, -0.1) is 0 Å². The van der Waals surface area contributed by atoms with E-state index in [0.29, 0.717) is 13.2 Å². The lowest BCUT2D eigenvalue weighted by Crippen LogP contribution is -2.25. The predicted octanol–water partition coefficient (Wildman–Crippen LogP) is 0.286. The Hall–Kier alpha value is -1.36. The second-order valence-corrected chi connectivity index (χ2v) is 4.05. The summed E-state index contributed by atoms with van der Waals surface area (Å²) in [6.07, 6.45) is 3.58. The summed E-state index contributed by atoms with van der Waals surface area (Å²) in [5.41, 5.74) is 1.09. The van der Waals surface area contributed by atoms with Crippen molar-refractivity contribution >= 4 is 5.97 Å². The molecule has 2 rings (SSSR count). The van der Waals surface area contributed by atoms with Gasteiger partial charge in [0.15, 0.2) is 0 Å². The molecule has 1 aliphatic heterocycles. The second kappa shape index (κ2) is 4.65. The van der Waals surface area contributed by atoms with Crippen molar-refractivity contribution in [2.75, 3.05) is 19.7 Å². The van der Waals surface area contributed by atoms with Crippen molar-refractivity contribution in [1.29, 1.82) is 0 Å². The molecule has 0 aromatic carbocycles. The number of esters is 1. The minimum atomic E-state index is -0.112. The number of carbonyl (C=O) groups excluding carboxylic acids is 1. The van der Waals surface area contributed by atoms with Crippen LogP contribution in [0, 0.1) is 5.92 Å². The molecule has 1 fully saturated rings. The molecule has 1 aromatic rings. The molecule has 1 aliphatic rings. The number of carbonyl (C=O) groups is 1. The van der Waals surface area contributed by atoms with Gasteiger partial charge in [0.1, 0.15) is 0 Å². The lowest BCUT2D eigenvalue weighted by molar-refractivity contribution is -0.147. The van der Waals surface area contributed by atoms with E-state index in [1.807, 2.05) is 24.7 Å². The Kier molecular flexibility index (Phi) is 3.24. The van der Waals surface area contributed by atoms with Crippen LogP contribution in [-0.2, 0) is 16.6 Å². The molecular formula is C11H17N3O2. The van der Waals surface area contributed by atoms with E-state index in [1.165, 1.54) is 0 Å². The molecule has 0 saturated carbocycles. The van der Waals surface area contributed by atoms with Crippen molar-refractivity contribution in [2.24, 2.45) is 13.0 Å². The van der Waals surface area contributed by atoms with Gasteiger partial charge in [0, 0.05) is 37.9 Å². The molecule has 5 heteroatoms. The Morgan fingerprint density at radius 2 is 2.50 bits per heavy atom. The van der Waals surface area contributed by atoms with E-state index < -0.39 is 0 Å². The highest BCUT2D eigenvalue weighted by Crippen LogP contribution is 2.28. The van der Waals surface area contributed by atoms with Crippen LogP contribution >= 0.6 is 0 Å². The van der Waals surface area contributed by atoms with Gasteiger partial charge in [-0.1, -0.05) is 0 Å². The van der Waals surface area contributed by atoms with Gasteiger partial charge >= 0.3 is 5.97 Å². The Balaban J connectivity index is 2.15. The average molecular weight is 223 g/mol. The SMILES string of the molecule is CCOC(=O)C1CNCC1c1cncn1C. The highest BCUT2D eigenvalue weighted by atomic mass is 16.5. The molecule has 0 spiro atoms. The molecule has 88 valence electrons. The molecule has 0 aliphatic carbocycles. The van der Waals surface area contributed by atoms with Crippen LogP contribution in [-0.4, -0.2) is 35.2 Å². The van der Waals surface area contributed by atoms with E-state index in [4.69, 9.17) is 4.74 Å². The van der Waals surface area contributed by atoms with E-state index in [0.717, 1.165) is 12.2 Å². The lowest BCUT2D eigenvalue weighted by Gasteiger charge is -2.17. The van der Waals surface area contributed by atoms with Crippen molar-refractivity contribution in [3.63, 3.8) is 0 Å². The van der Waals surface area contributed by atoms with Gasteiger partial charge in [-0.25, -0.2) is 4.98 Å². The maximum absolute atomic E-state index is 11.8. The van der Waals surface area contributed by atoms with Crippen LogP contribution in [0.1, 0.15) is 18.5 Å². The van der Waals surface area contributed by atoms with Crippen molar-refractivity contribution < 1.29 is 9.53 Å². The van der Waals surface area contributed by atoms with Gasteiger partial charge in [-0.05, 0) is 6.92 Å². The molecule has 0 amide bonds. The van der Waals surface area contributed by atoms with Crippen molar-refractivity contribution in [3.8, 4) is 0 Å². The third kappa shape index (κ3) is 1.95. The number of nitrogens with zero attached hydrogens (tertiary/aromatic N) is 2. The van der Waals surface area contributed by atoms with Gasteiger partial charge in [-0.2, -0.15) is 0 Å². The number of ether oxygens (including phenoxy) is 1. The molecule has 2 atom stereocenters. The molecular weight excluding hydrogens is 206 g/mol. The number of hydrogen-bond acceptors (Lipinski definition) is 4. The molecule has 1 N–H and O–H groups in total. The Labute approximate surface area is 94.8 Å². The van der Waals surface area contributed by atoms with Crippen LogP contribution in [0.25, 0.3) is 0 Å². The van der Waals surface area contributed by atoms with Crippen molar-refractivity contribution in [3.05, 3.63) is 18.2 Å². The Morgan fingerprint density at radius 1 is 1.69 bits per heavy atom. The third-order valence-electron chi connectivity index (χ3n) is 3.04. The van der Waals surface area contributed by atoms with E-state index in [-0.39, 0.29) is 17.8 Å². The summed E-state index contributed by atoms with van der Waals surface area (Å²) in [4.78, 5) is 15.9. The van der Waals surface area contributed by atoms with Gasteiger partial charge in [0.05, 0.1) is 18.9 Å². The average Bonchev–Trinajstić information content (AvgIpc) is 2.85. The highest BCUT2D eigenvalue weighted by molar-refractivity contribution is 5.74. The van der Waals surface area contributed by atoms with Gasteiger partial charge < -0.3 is 14.6 Å². The number of imidazole rings is 1. The first-order valence-electron chi connectivity index (χ1n) is 5.57. The van der Waals surface area contributed by atoms with Crippen molar-refractivity contribution in [1.82, 2.24) is 14.9 Å². The fraction of sp³-hybridized carbons (Fsp3) is 0.636. The van der Waals surface area contributed by atoms with Crippen LogP contribution in [0.15, 0.2) is 12.5 Å². The standard InChI is InChI=1S/C11H17N3O2/c1-3-16-11(15)9-5-12-4-8(9)10-6-13-7-14(10)2/h6-9,12H,3-5H2,1-2H3. The molecule has 2 unspecified atom stereocenters. The molecule has 2 heterocycles. The summed E-state index contributed by atoms with van der Waals surface area (Å²) >= 11 is 0. The van der Waals surface area contributed by atoms with E-state index >= 15 is 0 Å². The quantitative estimate of drug-likeness (QED) is 0.748. The van der Waals surface area contributed by atoms with Gasteiger partial charge in [0.2, 0.25) is 0 Å². The molecule has 1 saturated heterocycles. The Bertz CT molecular complexity index is 375. The normalized spacial score (nSPS) is 24.6. The molecule has 1 aromatic heterocycles. The smallest absolute Gasteiger partial charge is 0.310 e. The maximum Gasteiger partial charge on any atom is 0.310 e. The first kappa shape index (κ1) is 11.1. The van der Waals surface area contributed by atoms with E-state index in [2.05, 4.69) is 10.3 Å². The van der Waals surface area contributed by atoms with Crippen LogP contribution in [0.2, 0.25) is 0 Å². The van der Waals surface area contributed by atoms with Crippen LogP contribution in [0.5, 0.6) is 0 Å². The number of rotatable bonds is 3. The fourth-order valence-electron chi connectivity index (χ4n) is 2.21. The van der Waals surface area contributed by atoms with Crippen LogP contribution in [0.3, 0.4) is 0 Å². The second-order valence-electron chi connectivity index (χ2n) is 4.05. The summed E-state index contributed by atoms with van der Waals surface area (Å²) < 4.78 is 7.05. The van der Waals surface area contributed by atoms with Crippen LogP contribution < -0.4 is 5.32 Å². The summed E-state index contributed by atoms with van der Waals surface area (Å²) in [6, 6.07) is 0. The zero-order valence-corrected chi connectivity index (χ0v) is 9.64.